The van der Waals surface area contributed by atoms with Crippen LogP contribution in [0, 0.1) is 0 Å². The average Bonchev–Trinajstić information content (AvgIpc) is 3.11. The third kappa shape index (κ3) is 4.36. The number of aromatic nitrogens is 1. The lowest BCUT2D eigenvalue weighted by molar-refractivity contribution is -0.122. The van der Waals surface area contributed by atoms with Crippen molar-refractivity contribution >= 4 is 22.4 Å². The van der Waals surface area contributed by atoms with Crippen LogP contribution in [0.1, 0.15) is 6.92 Å². The van der Waals surface area contributed by atoms with Gasteiger partial charge in [-0.2, -0.15) is 0 Å². The molecule has 1 heterocycles. The number of amides is 1. The predicted octanol–water partition coefficient (Wildman–Crippen LogP) is 4.22. The smallest absolute Gasteiger partial charge is 0.266 e. The van der Waals surface area contributed by atoms with Gasteiger partial charge in [0.05, 0.1) is 12.8 Å². The molecule has 0 bridgehead atoms. The van der Waals surface area contributed by atoms with Gasteiger partial charge in [0.1, 0.15) is 11.5 Å². The predicted molar refractivity (Wildman–Crippen MR) is 99.3 cm³/mol. The highest BCUT2D eigenvalue weighted by Crippen LogP contribution is 2.26. The van der Waals surface area contributed by atoms with Gasteiger partial charge in [0, 0.05) is 10.9 Å². The van der Waals surface area contributed by atoms with E-state index in [-0.39, 0.29) is 5.91 Å². The molecule has 0 aliphatic carbocycles. The summed E-state index contributed by atoms with van der Waals surface area (Å²) in [6, 6.07) is 16.9. The fraction of sp³-hybridized carbons (Fsp3) is 0.158. The fourth-order valence-corrected chi connectivity index (χ4v) is 2.91. The Labute approximate surface area is 150 Å². The van der Waals surface area contributed by atoms with Crippen LogP contribution >= 0.6 is 11.3 Å². The van der Waals surface area contributed by atoms with Crippen molar-refractivity contribution in [2.45, 2.75) is 13.0 Å². The van der Waals surface area contributed by atoms with E-state index in [1.165, 1.54) is 11.3 Å². The fourth-order valence-electron chi connectivity index (χ4n) is 2.19. The Bertz CT molecular complexity index is 831. The van der Waals surface area contributed by atoms with E-state index < -0.39 is 6.10 Å². The molecule has 1 amide bonds. The standard InChI is InChI=1S/C19H18N2O3S/c1-13(24-16-6-4-3-5-7-16)18(22)21-19-20-17(12-25-19)14-8-10-15(23-2)11-9-14/h3-13H,1-2H3,(H,20,21,22)/t13-/m1/s1. The van der Waals surface area contributed by atoms with E-state index in [1.807, 2.05) is 60.0 Å². The maximum absolute atomic E-state index is 12.3. The van der Waals surface area contributed by atoms with Crippen molar-refractivity contribution in [1.82, 2.24) is 4.98 Å². The Morgan fingerprint density at radius 1 is 1.08 bits per heavy atom. The number of carbonyl (C=O) groups excluding carboxylic acids is 1. The summed E-state index contributed by atoms with van der Waals surface area (Å²) < 4.78 is 10.8. The van der Waals surface area contributed by atoms with Crippen LogP contribution in [0.25, 0.3) is 11.3 Å². The van der Waals surface area contributed by atoms with E-state index in [9.17, 15) is 4.79 Å². The van der Waals surface area contributed by atoms with Gasteiger partial charge in [0.2, 0.25) is 0 Å². The third-order valence-electron chi connectivity index (χ3n) is 3.55. The van der Waals surface area contributed by atoms with Gasteiger partial charge in [-0.05, 0) is 43.3 Å². The van der Waals surface area contributed by atoms with Gasteiger partial charge in [0.25, 0.3) is 5.91 Å². The molecule has 1 N–H and O–H groups in total. The first kappa shape index (κ1) is 17.0. The zero-order valence-corrected chi connectivity index (χ0v) is 14.7. The summed E-state index contributed by atoms with van der Waals surface area (Å²) in [7, 11) is 1.63. The summed E-state index contributed by atoms with van der Waals surface area (Å²) in [6.07, 6.45) is -0.615. The van der Waals surface area contributed by atoms with Crippen molar-refractivity contribution in [3.8, 4) is 22.8 Å². The Balaban J connectivity index is 1.63. The number of methoxy groups -OCH3 is 1. The second-order valence-corrected chi connectivity index (χ2v) is 6.19. The van der Waals surface area contributed by atoms with Crippen LogP contribution < -0.4 is 14.8 Å². The van der Waals surface area contributed by atoms with Crippen LogP contribution in [0.4, 0.5) is 5.13 Å². The second kappa shape index (κ2) is 7.81. The summed E-state index contributed by atoms with van der Waals surface area (Å²) in [5, 5.41) is 5.24. The Hall–Kier alpha value is -2.86. The van der Waals surface area contributed by atoms with Gasteiger partial charge in [-0.1, -0.05) is 18.2 Å². The number of benzene rings is 2. The number of hydrogen-bond donors (Lipinski definition) is 1. The molecule has 3 rings (SSSR count). The molecule has 128 valence electrons. The summed E-state index contributed by atoms with van der Waals surface area (Å²) in [4.78, 5) is 16.7. The second-order valence-electron chi connectivity index (χ2n) is 5.33. The highest BCUT2D eigenvalue weighted by Gasteiger charge is 2.16. The van der Waals surface area contributed by atoms with Crippen LogP contribution in [-0.2, 0) is 4.79 Å². The molecule has 2 aromatic carbocycles. The summed E-state index contributed by atoms with van der Waals surface area (Å²) in [5.41, 5.74) is 1.77. The van der Waals surface area contributed by atoms with E-state index in [0.29, 0.717) is 10.9 Å². The lowest BCUT2D eigenvalue weighted by atomic mass is 10.2. The topological polar surface area (TPSA) is 60.5 Å². The number of para-hydroxylation sites is 1. The molecule has 0 spiro atoms. The molecule has 0 aliphatic heterocycles. The highest BCUT2D eigenvalue weighted by atomic mass is 32.1. The van der Waals surface area contributed by atoms with Crippen molar-refractivity contribution < 1.29 is 14.3 Å². The average molecular weight is 354 g/mol. The molecular formula is C19H18N2O3S. The number of rotatable bonds is 6. The lowest BCUT2D eigenvalue weighted by Crippen LogP contribution is -2.30. The molecule has 1 aromatic heterocycles. The van der Waals surface area contributed by atoms with Crippen LogP contribution in [0.2, 0.25) is 0 Å². The van der Waals surface area contributed by atoms with E-state index >= 15 is 0 Å². The van der Waals surface area contributed by atoms with Gasteiger partial charge >= 0.3 is 0 Å². The maximum atomic E-state index is 12.3. The number of anilines is 1. The lowest BCUT2D eigenvalue weighted by Gasteiger charge is -2.13. The largest absolute Gasteiger partial charge is 0.497 e. The van der Waals surface area contributed by atoms with Crippen LogP contribution in [0.3, 0.4) is 0 Å². The van der Waals surface area contributed by atoms with E-state index in [0.717, 1.165) is 17.0 Å². The minimum absolute atomic E-state index is 0.237. The third-order valence-corrected chi connectivity index (χ3v) is 4.30. The monoisotopic (exact) mass is 354 g/mol. The minimum Gasteiger partial charge on any atom is -0.497 e. The number of ether oxygens (including phenoxy) is 2. The Morgan fingerprint density at radius 3 is 2.48 bits per heavy atom. The maximum Gasteiger partial charge on any atom is 0.266 e. The van der Waals surface area contributed by atoms with Gasteiger partial charge in [-0.15, -0.1) is 11.3 Å². The SMILES string of the molecule is COc1ccc(-c2csc(NC(=O)[C@@H](C)Oc3ccccc3)n2)cc1. The first-order chi connectivity index (χ1) is 12.2. The van der Waals surface area contributed by atoms with Crippen molar-refractivity contribution in [3.63, 3.8) is 0 Å². The van der Waals surface area contributed by atoms with E-state index in [1.54, 1.807) is 14.0 Å². The van der Waals surface area contributed by atoms with E-state index in [4.69, 9.17) is 9.47 Å². The molecule has 0 fully saturated rings. The highest BCUT2D eigenvalue weighted by molar-refractivity contribution is 7.14. The molecule has 0 unspecified atom stereocenters. The number of carbonyl (C=O) groups is 1. The number of nitrogens with zero attached hydrogens (tertiary/aromatic N) is 1. The summed E-state index contributed by atoms with van der Waals surface area (Å²) in [6.45, 7) is 1.71. The number of nitrogens with one attached hydrogen (secondary N) is 1. The van der Waals surface area contributed by atoms with Crippen molar-refractivity contribution in [1.29, 1.82) is 0 Å². The first-order valence-corrected chi connectivity index (χ1v) is 8.66. The molecule has 0 saturated heterocycles. The van der Waals surface area contributed by atoms with Crippen LogP contribution in [0.5, 0.6) is 11.5 Å². The van der Waals surface area contributed by atoms with Crippen molar-refractivity contribution in [2.75, 3.05) is 12.4 Å². The summed E-state index contributed by atoms with van der Waals surface area (Å²) in [5.74, 6) is 1.21. The number of thiazole rings is 1. The number of hydrogen-bond acceptors (Lipinski definition) is 5. The molecule has 0 aliphatic rings. The zero-order chi connectivity index (χ0) is 17.6. The van der Waals surface area contributed by atoms with Gasteiger partial charge in [-0.25, -0.2) is 4.98 Å². The van der Waals surface area contributed by atoms with Gasteiger partial charge < -0.3 is 9.47 Å². The Morgan fingerprint density at radius 2 is 1.80 bits per heavy atom. The Kier molecular flexibility index (Phi) is 5.30. The molecule has 0 saturated carbocycles. The van der Waals surface area contributed by atoms with Gasteiger partial charge in [-0.3, -0.25) is 10.1 Å². The molecular weight excluding hydrogens is 336 g/mol. The minimum atomic E-state index is -0.615. The zero-order valence-electron chi connectivity index (χ0n) is 13.9. The van der Waals surface area contributed by atoms with E-state index in [2.05, 4.69) is 10.3 Å². The molecule has 0 radical (unpaired) electrons. The quantitative estimate of drug-likeness (QED) is 0.720. The molecule has 6 heteroatoms. The van der Waals surface area contributed by atoms with Crippen LogP contribution in [-0.4, -0.2) is 24.1 Å². The normalized spacial score (nSPS) is 11.6. The molecule has 3 aromatic rings. The molecule has 1 atom stereocenters. The van der Waals surface area contributed by atoms with Crippen molar-refractivity contribution in [2.24, 2.45) is 0 Å². The molecule has 25 heavy (non-hydrogen) atoms. The van der Waals surface area contributed by atoms with Crippen LogP contribution in [0.15, 0.2) is 60.0 Å². The molecule has 5 nitrogen and oxygen atoms in total. The van der Waals surface area contributed by atoms with Crippen molar-refractivity contribution in [3.05, 3.63) is 60.0 Å². The van der Waals surface area contributed by atoms with Gasteiger partial charge in [0.15, 0.2) is 11.2 Å². The summed E-state index contributed by atoms with van der Waals surface area (Å²) >= 11 is 1.38. The first-order valence-electron chi connectivity index (χ1n) is 7.78.